The maximum Gasteiger partial charge on any atom is 0.271 e. The van der Waals surface area contributed by atoms with Crippen molar-refractivity contribution in [2.45, 2.75) is 32.2 Å². The molecule has 0 aliphatic heterocycles. The number of benzene rings is 2. The zero-order chi connectivity index (χ0) is 26.1. The van der Waals surface area contributed by atoms with Crippen LogP contribution in [0, 0.1) is 22.2 Å². The molecular weight excluding hydrogens is 490 g/mol. The number of amidine groups is 1. The van der Waals surface area contributed by atoms with Crippen molar-refractivity contribution in [3.63, 3.8) is 0 Å². The molecule has 0 saturated heterocycles. The third kappa shape index (κ3) is 4.92. The molecule has 186 valence electrons. The van der Waals surface area contributed by atoms with Crippen molar-refractivity contribution < 1.29 is 4.79 Å². The summed E-state index contributed by atoms with van der Waals surface area (Å²) >= 11 is 1.06. The van der Waals surface area contributed by atoms with E-state index in [2.05, 4.69) is 25.9 Å². The first-order chi connectivity index (χ1) is 17.9. The number of nitrogens with one attached hydrogen (secondary N) is 2. The SMILES string of the molecule is CC(CC1CC1)N=C(N)c1c(Nc2ccc(C(=O)n3ccc4ccc(C#N)cc43)c(N=O)c2)s[nH]c1=O. The molecule has 1 aliphatic rings. The zero-order valence-corrected chi connectivity index (χ0v) is 20.7. The van der Waals surface area contributed by atoms with Gasteiger partial charge in [-0.1, -0.05) is 18.9 Å². The molecule has 4 aromatic rings. The number of anilines is 2. The summed E-state index contributed by atoms with van der Waals surface area (Å²) in [6.45, 7) is 1.98. The second kappa shape index (κ2) is 9.83. The molecule has 2 heterocycles. The first-order valence-electron chi connectivity index (χ1n) is 11.7. The summed E-state index contributed by atoms with van der Waals surface area (Å²) in [4.78, 5) is 41.9. The molecule has 4 N–H and O–H groups in total. The zero-order valence-electron chi connectivity index (χ0n) is 19.9. The van der Waals surface area contributed by atoms with Gasteiger partial charge in [-0.3, -0.25) is 23.5 Å². The maximum atomic E-state index is 13.3. The van der Waals surface area contributed by atoms with Gasteiger partial charge in [-0.15, -0.1) is 4.91 Å². The second-order valence-electron chi connectivity index (χ2n) is 9.10. The maximum absolute atomic E-state index is 13.3. The molecule has 2 aromatic carbocycles. The molecule has 5 rings (SSSR count). The number of hydrogen-bond donors (Lipinski definition) is 3. The van der Waals surface area contributed by atoms with Gasteiger partial charge in [0.05, 0.1) is 22.7 Å². The molecule has 1 aliphatic carbocycles. The largest absolute Gasteiger partial charge is 0.383 e. The van der Waals surface area contributed by atoms with E-state index in [1.807, 2.05) is 6.92 Å². The van der Waals surface area contributed by atoms with E-state index in [1.165, 1.54) is 29.5 Å². The van der Waals surface area contributed by atoms with Gasteiger partial charge in [0.25, 0.3) is 11.5 Å². The number of rotatable bonds is 8. The van der Waals surface area contributed by atoms with Gasteiger partial charge in [-0.2, -0.15) is 5.26 Å². The van der Waals surface area contributed by atoms with Gasteiger partial charge in [-0.25, -0.2) is 0 Å². The van der Waals surface area contributed by atoms with Crippen molar-refractivity contribution in [3.05, 3.63) is 80.6 Å². The Morgan fingerprint density at radius 3 is 2.84 bits per heavy atom. The Bertz CT molecular complexity index is 1650. The molecule has 1 unspecified atom stereocenters. The Morgan fingerprint density at radius 2 is 2.11 bits per heavy atom. The molecule has 10 nitrogen and oxygen atoms in total. The molecule has 11 heteroatoms. The Balaban J connectivity index is 1.43. The first-order valence-corrected chi connectivity index (χ1v) is 12.5. The minimum atomic E-state index is -0.459. The van der Waals surface area contributed by atoms with Crippen molar-refractivity contribution in [2.24, 2.45) is 21.8 Å². The van der Waals surface area contributed by atoms with Crippen LogP contribution < -0.4 is 16.6 Å². The highest BCUT2D eigenvalue weighted by Crippen LogP contribution is 2.34. The average molecular weight is 514 g/mol. The highest BCUT2D eigenvalue weighted by Gasteiger charge is 2.24. The van der Waals surface area contributed by atoms with Crippen LogP contribution in [0.15, 0.2) is 63.6 Å². The molecule has 0 spiro atoms. The van der Waals surface area contributed by atoms with Gasteiger partial charge >= 0.3 is 0 Å². The highest BCUT2D eigenvalue weighted by molar-refractivity contribution is 7.10. The number of aliphatic imine (C=N–C) groups is 1. The summed E-state index contributed by atoms with van der Waals surface area (Å²) in [5.41, 5.74) is 7.51. The van der Waals surface area contributed by atoms with Gasteiger partial charge < -0.3 is 11.1 Å². The lowest BCUT2D eigenvalue weighted by atomic mass is 10.1. The number of aromatic amines is 1. The smallest absolute Gasteiger partial charge is 0.271 e. The monoisotopic (exact) mass is 513 g/mol. The topological polar surface area (TPSA) is 158 Å². The predicted molar refractivity (Wildman–Crippen MR) is 144 cm³/mol. The van der Waals surface area contributed by atoms with Crippen molar-refractivity contribution >= 4 is 50.6 Å². The summed E-state index contributed by atoms with van der Waals surface area (Å²) < 4.78 is 4.04. The Morgan fingerprint density at radius 1 is 1.30 bits per heavy atom. The quantitative estimate of drug-likeness (QED) is 0.171. The van der Waals surface area contributed by atoms with Gasteiger partial charge in [0.15, 0.2) is 0 Å². The summed E-state index contributed by atoms with van der Waals surface area (Å²) in [5.74, 6) is 0.368. The molecule has 0 bridgehead atoms. The van der Waals surface area contributed by atoms with Crippen LogP contribution in [0.3, 0.4) is 0 Å². The van der Waals surface area contributed by atoms with E-state index in [9.17, 15) is 19.8 Å². The van der Waals surface area contributed by atoms with E-state index in [1.54, 1.807) is 36.5 Å². The summed E-state index contributed by atoms with van der Waals surface area (Å²) in [5, 5.41) is 16.6. The molecule has 0 amide bonds. The van der Waals surface area contributed by atoms with Gasteiger partial charge in [0, 0.05) is 23.3 Å². The first kappa shape index (κ1) is 24.1. The molecule has 2 aromatic heterocycles. The van der Waals surface area contributed by atoms with Crippen LogP contribution in [-0.4, -0.2) is 26.7 Å². The molecule has 37 heavy (non-hydrogen) atoms. The van der Waals surface area contributed by atoms with Gasteiger partial charge in [0.2, 0.25) is 0 Å². The molecule has 1 saturated carbocycles. The van der Waals surface area contributed by atoms with Crippen LogP contribution in [0.5, 0.6) is 0 Å². The van der Waals surface area contributed by atoms with E-state index in [4.69, 9.17) is 5.73 Å². The van der Waals surface area contributed by atoms with Crippen molar-refractivity contribution in [1.29, 1.82) is 5.26 Å². The number of nitroso groups, excluding NO2 is 1. The third-order valence-corrected chi connectivity index (χ3v) is 7.11. The number of carbonyl (C=O) groups excluding carboxylic acids is 1. The van der Waals surface area contributed by atoms with Crippen LogP contribution in [0.4, 0.5) is 16.4 Å². The third-order valence-electron chi connectivity index (χ3n) is 6.31. The molecular formula is C26H23N7O3S. The van der Waals surface area contributed by atoms with Crippen LogP contribution in [0.25, 0.3) is 10.9 Å². The fraction of sp³-hybridized carbons (Fsp3) is 0.231. The normalized spacial score (nSPS) is 14.3. The van der Waals surface area contributed by atoms with E-state index < -0.39 is 5.91 Å². The number of nitriles is 1. The molecule has 1 atom stereocenters. The fourth-order valence-corrected chi connectivity index (χ4v) is 5.08. The van der Waals surface area contributed by atoms with E-state index >= 15 is 0 Å². The van der Waals surface area contributed by atoms with Crippen molar-refractivity contribution in [3.8, 4) is 6.07 Å². The Hall–Kier alpha value is -4.56. The number of hydrogen-bond acceptors (Lipinski definition) is 8. The lowest BCUT2D eigenvalue weighted by molar-refractivity contribution is 0.0965. The van der Waals surface area contributed by atoms with Crippen molar-refractivity contribution in [1.82, 2.24) is 8.94 Å². The van der Waals surface area contributed by atoms with Crippen LogP contribution in [0.2, 0.25) is 0 Å². The van der Waals surface area contributed by atoms with E-state index in [-0.39, 0.29) is 34.3 Å². The summed E-state index contributed by atoms with van der Waals surface area (Å²) in [7, 11) is 0. The number of aromatic nitrogens is 2. The lowest BCUT2D eigenvalue weighted by Crippen LogP contribution is -2.24. The lowest BCUT2D eigenvalue weighted by Gasteiger charge is -2.11. The molecule has 1 fully saturated rings. The number of H-pyrrole nitrogens is 1. The van der Waals surface area contributed by atoms with Crippen LogP contribution >= 0.6 is 11.5 Å². The van der Waals surface area contributed by atoms with E-state index in [0.29, 0.717) is 27.7 Å². The van der Waals surface area contributed by atoms with Gasteiger partial charge in [-0.05, 0) is 72.4 Å². The number of carbonyl (C=O) groups is 1. The Kier molecular flexibility index (Phi) is 6.42. The van der Waals surface area contributed by atoms with E-state index in [0.717, 1.165) is 23.3 Å². The average Bonchev–Trinajstić information content (AvgIpc) is 3.48. The van der Waals surface area contributed by atoms with Crippen LogP contribution in [0.1, 0.15) is 47.7 Å². The predicted octanol–water partition coefficient (Wildman–Crippen LogP) is 4.99. The minimum Gasteiger partial charge on any atom is -0.383 e. The van der Waals surface area contributed by atoms with Gasteiger partial charge in [0.1, 0.15) is 22.1 Å². The summed E-state index contributed by atoms with van der Waals surface area (Å²) in [6.07, 6.45) is 4.94. The number of nitrogens with two attached hydrogens (primary N) is 1. The van der Waals surface area contributed by atoms with Crippen LogP contribution in [-0.2, 0) is 0 Å². The standard InChI is InChI=1S/C26H23N7O3S/c1-14(10-15-2-3-15)29-23(28)22-24(34)32-37-25(22)30-18-6-7-19(20(12-18)31-36)26(35)33-9-8-17-5-4-16(13-27)11-21(17)33/h4-9,11-12,14-15,30H,2-3,10H2,1H3,(H2,28,29)(H,32,34). The number of fused-ring (bicyclic) bond motifs is 1. The second-order valence-corrected chi connectivity index (χ2v) is 9.92. The minimum absolute atomic E-state index is 0.00446. The number of nitrogens with zero attached hydrogens (tertiary/aromatic N) is 4. The Labute approximate surface area is 215 Å². The summed E-state index contributed by atoms with van der Waals surface area (Å²) in [6, 6.07) is 13.4. The van der Waals surface area contributed by atoms with Crippen molar-refractivity contribution in [2.75, 3.05) is 5.32 Å². The molecule has 0 radical (unpaired) electrons. The fourth-order valence-electron chi connectivity index (χ4n) is 4.32. The highest BCUT2D eigenvalue weighted by atomic mass is 32.1.